The summed E-state index contributed by atoms with van der Waals surface area (Å²) in [6.45, 7) is -0.591. The monoisotopic (exact) mass is 543 g/mol. The van der Waals surface area contributed by atoms with Gasteiger partial charge in [0.1, 0.15) is 37.6 Å². The van der Waals surface area contributed by atoms with Crippen molar-refractivity contribution in [2.24, 2.45) is 0 Å². The Kier molecular flexibility index (Phi) is 8.86. The summed E-state index contributed by atoms with van der Waals surface area (Å²) in [6.07, 6.45) is -6.46. The Morgan fingerprint density at radius 2 is 1.64 bits per heavy atom. The number of nitrogens with one attached hydrogen (secondary N) is 2. The number of halogens is 1. The fourth-order valence-corrected chi connectivity index (χ4v) is 3.96. The molecule has 0 bridgehead atoms. The molecule has 12 nitrogen and oxygen atoms in total. The van der Waals surface area contributed by atoms with Gasteiger partial charge >= 0.3 is 17.8 Å². The minimum absolute atomic E-state index is 0.0219. The predicted molar refractivity (Wildman–Crippen MR) is 132 cm³/mol. The summed E-state index contributed by atoms with van der Waals surface area (Å²) in [5, 5.41) is 23.2. The molecule has 3 aromatic rings. The molecule has 0 spiro atoms. The van der Waals surface area contributed by atoms with Gasteiger partial charge in [0.2, 0.25) is 5.82 Å². The summed E-state index contributed by atoms with van der Waals surface area (Å²) in [5.74, 6) is -2.18. The van der Waals surface area contributed by atoms with E-state index in [9.17, 15) is 33.8 Å². The molecule has 0 unspecified atom stereocenters. The molecule has 1 amide bonds. The number of alkyl carbamates (subject to hydrolysis) is 1. The molecule has 5 atom stereocenters. The molecule has 4 N–H and O–H groups in total. The number of carbonyl (C=O) groups is 2. The number of hydrogen-bond donors (Lipinski definition) is 4. The zero-order chi connectivity index (χ0) is 27.9. The molecule has 206 valence electrons. The third-order valence-electron chi connectivity index (χ3n) is 6.00. The first-order valence-corrected chi connectivity index (χ1v) is 11.9. The van der Waals surface area contributed by atoms with Gasteiger partial charge in [-0.25, -0.2) is 14.4 Å². The highest BCUT2D eigenvalue weighted by atomic mass is 19.1. The van der Waals surface area contributed by atoms with Crippen molar-refractivity contribution >= 4 is 12.1 Å². The molecule has 4 rings (SSSR count). The van der Waals surface area contributed by atoms with E-state index in [-0.39, 0.29) is 13.0 Å². The highest BCUT2D eigenvalue weighted by molar-refractivity contribution is 5.81. The Hall–Kier alpha value is -4.33. The number of esters is 1. The van der Waals surface area contributed by atoms with E-state index in [1.54, 1.807) is 59.6 Å². The molecule has 0 radical (unpaired) electrons. The summed E-state index contributed by atoms with van der Waals surface area (Å²) < 4.78 is 30.2. The summed E-state index contributed by atoms with van der Waals surface area (Å²) in [4.78, 5) is 50.4. The van der Waals surface area contributed by atoms with Crippen LogP contribution in [0.1, 0.15) is 17.4 Å². The van der Waals surface area contributed by atoms with Crippen LogP contribution >= 0.6 is 0 Å². The molecular formula is C26H26FN3O9. The Bertz CT molecular complexity index is 1400. The first-order chi connectivity index (χ1) is 18.7. The van der Waals surface area contributed by atoms with Crippen LogP contribution in [0.5, 0.6) is 0 Å². The number of aromatic amines is 1. The van der Waals surface area contributed by atoms with Gasteiger partial charge < -0.3 is 29.7 Å². The lowest BCUT2D eigenvalue weighted by Gasteiger charge is -2.20. The molecular weight excluding hydrogens is 517 g/mol. The van der Waals surface area contributed by atoms with Gasteiger partial charge in [0.05, 0.1) is 6.20 Å². The quantitative estimate of drug-likeness (QED) is 0.279. The number of nitrogens with zero attached hydrogens (tertiary/aromatic N) is 1. The molecule has 0 aliphatic carbocycles. The van der Waals surface area contributed by atoms with E-state index in [4.69, 9.17) is 14.2 Å². The number of carbonyl (C=O) groups excluding carboxylic acids is 2. The summed E-state index contributed by atoms with van der Waals surface area (Å²) in [6, 6.07) is 16.6. The first kappa shape index (κ1) is 27.7. The minimum Gasteiger partial charge on any atom is -0.461 e. The smallest absolute Gasteiger partial charge is 0.408 e. The zero-order valence-corrected chi connectivity index (χ0v) is 20.4. The third-order valence-corrected chi connectivity index (χ3v) is 6.00. The van der Waals surface area contributed by atoms with Crippen LogP contribution in [0.4, 0.5) is 9.18 Å². The topological polar surface area (TPSA) is 169 Å². The predicted octanol–water partition coefficient (Wildman–Crippen LogP) is 0.376. The normalized spacial score (nSPS) is 21.2. The van der Waals surface area contributed by atoms with Crippen LogP contribution in [0.15, 0.2) is 76.4 Å². The highest BCUT2D eigenvalue weighted by Gasteiger charge is 2.45. The van der Waals surface area contributed by atoms with Crippen molar-refractivity contribution < 1.29 is 38.4 Å². The number of benzene rings is 2. The van der Waals surface area contributed by atoms with Crippen LogP contribution < -0.4 is 16.6 Å². The van der Waals surface area contributed by atoms with E-state index < -0.39 is 66.3 Å². The Labute approximate surface area is 220 Å². The molecule has 1 aromatic heterocycles. The van der Waals surface area contributed by atoms with Crippen LogP contribution in [-0.4, -0.2) is 62.8 Å². The maximum atomic E-state index is 13.7. The maximum absolute atomic E-state index is 13.7. The van der Waals surface area contributed by atoms with E-state index in [2.05, 4.69) is 5.32 Å². The van der Waals surface area contributed by atoms with Gasteiger partial charge in [0.25, 0.3) is 5.56 Å². The lowest BCUT2D eigenvalue weighted by Crippen LogP contribution is -2.45. The van der Waals surface area contributed by atoms with Gasteiger partial charge in [-0.3, -0.25) is 14.3 Å². The molecule has 13 heteroatoms. The standard InChI is InChI=1S/C26H26FN3O9/c27-17-12-30(25(35)29-22(17)33)23-21(32)20(31)19(39-23)14-37-24(34)18(11-15-7-3-1-4-8-15)28-26(36)38-13-16-9-5-2-6-10-16/h1-10,12,18-21,23,31-32H,11,13-14H2,(H,28,36)(H,29,33,35)/t18-,19+,20+,21-,23+/m0/s1. The number of hydrogen-bond acceptors (Lipinski definition) is 9. The number of aromatic nitrogens is 2. The van der Waals surface area contributed by atoms with E-state index >= 15 is 0 Å². The average molecular weight is 544 g/mol. The number of rotatable bonds is 9. The molecule has 1 saturated heterocycles. The van der Waals surface area contributed by atoms with E-state index in [1.165, 1.54) is 0 Å². The number of ether oxygens (including phenoxy) is 3. The van der Waals surface area contributed by atoms with Crippen molar-refractivity contribution in [2.75, 3.05) is 6.61 Å². The van der Waals surface area contributed by atoms with Crippen molar-refractivity contribution in [1.29, 1.82) is 0 Å². The fraction of sp³-hybridized carbons (Fsp3) is 0.308. The van der Waals surface area contributed by atoms with Crippen molar-refractivity contribution in [3.63, 3.8) is 0 Å². The van der Waals surface area contributed by atoms with Crippen molar-refractivity contribution in [2.45, 2.75) is 43.6 Å². The van der Waals surface area contributed by atoms with E-state index in [1.807, 2.05) is 6.07 Å². The average Bonchev–Trinajstić information content (AvgIpc) is 3.22. The van der Waals surface area contributed by atoms with Crippen LogP contribution in [-0.2, 0) is 32.0 Å². The number of aliphatic hydroxyl groups excluding tert-OH is 2. The van der Waals surface area contributed by atoms with Gasteiger partial charge in [-0.05, 0) is 11.1 Å². The number of amides is 1. The molecule has 2 heterocycles. The zero-order valence-electron chi connectivity index (χ0n) is 20.4. The highest BCUT2D eigenvalue weighted by Crippen LogP contribution is 2.28. The molecule has 1 aliphatic rings. The third kappa shape index (κ3) is 6.96. The summed E-state index contributed by atoms with van der Waals surface area (Å²) in [7, 11) is 0. The van der Waals surface area contributed by atoms with Gasteiger partial charge in [-0.2, -0.15) is 4.39 Å². The van der Waals surface area contributed by atoms with Gasteiger partial charge in [-0.1, -0.05) is 60.7 Å². The van der Waals surface area contributed by atoms with Crippen molar-refractivity contribution in [3.8, 4) is 0 Å². The molecule has 0 saturated carbocycles. The lowest BCUT2D eigenvalue weighted by molar-refractivity contribution is -0.152. The van der Waals surface area contributed by atoms with E-state index in [0.29, 0.717) is 10.8 Å². The second-order valence-corrected chi connectivity index (χ2v) is 8.77. The van der Waals surface area contributed by atoms with E-state index in [0.717, 1.165) is 11.1 Å². The van der Waals surface area contributed by atoms with Crippen molar-refractivity contribution in [1.82, 2.24) is 14.9 Å². The molecule has 39 heavy (non-hydrogen) atoms. The van der Waals surface area contributed by atoms with Gasteiger partial charge in [0.15, 0.2) is 6.23 Å². The SMILES string of the molecule is O=C(N[C@@H](Cc1ccccc1)C(=O)OC[C@H]1O[C@@H](n2cc(F)c(=O)[nH]c2=O)[C@@H](O)[C@@H]1O)OCc1ccccc1. The second kappa shape index (κ2) is 12.5. The summed E-state index contributed by atoms with van der Waals surface area (Å²) in [5.41, 5.74) is -0.864. The Morgan fingerprint density at radius 3 is 2.31 bits per heavy atom. The van der Waals surface area contributed by atoms with Gasteiger partial charge in [0, 0.05) is 6.42 Å². The first-order valence-electron chi connectivity index (χ1n) is 11.9. The molecule has 1 aliphatic heterocycles. The van der Waals surface area contributed by atoms with Crippen LogP contribution in [0.3, 0.4) is 0 Å². The lowest BCUT2D eigenvalue weighted by atomic mass is 10.1. The Morgan fingerprint density at radius 1 is 1.00 bits per heavy atom. The second-order valence-electron chi connectivity index (χ2n) is 8.77. The molecule has 2 aromatic carbocycles. The van der Waals surface area contributed by atoms with Crippen molar-refractivity contribution in [3.05, 3.63) is 105 Å². The Balaban J connectivity index is 1.40. The summed E-state index contributed by atoms with van der Waals surface area (Å²) >= 11 is 0. The number of aliphatic hydroxyl groups is 2. The minimum atomic E-state index is -1.71. The maximum Gasteiger partial charge on any atom is 0.408 e. The number of H-pyrrole nitrogens is 1. The van der Waals surface area contributed by atoms with Crippen LogP contribution in [0.2, 0.25) is 0 Å². The van der Waals surface area contributed by atoms with Crippen LogP contribution in [0, 0.1) is 5.82 Å². The van der Waals surface area contributed by atoms with Gasteiger partial charge in [-0.15, -0.1) is 0 Å². The largest absolute Gasteiger partial charge is 0.461 e. The van der Waals surface area contributed by atoms with Crippen LogP contribution in [0.25, 0.3) is 0 Å². The fourth-order valence-electron chi connectivity index (χ4n) is 3.96. The molecule has 1 fully saturated rings.